The Balaban J connectivity index is 2.28. The Hall–Kier alpha value is -1.41. The summed E-state index contributed by atoms with van der Waals surface area (Å²) in [4.78, 5) is 2.34. The molecule has 1 aliphatic heterocycles. The van der Waals surface area contributed by atoms with Crippen molar-refractivity contribution in [2.75, 3.05) is 33.4 Å². The van der Waals surface area contributed by atoms with E-state index in [1.807, 2.05) is 37.4 Å². The highest BCUT2D eigenvalue weighted by molar-refractivity contribution is 5.32. The Morgan fingerprint density at radius 1 is 1.40 bits per heavy atom. The molecule has 4 heteroatoms. The average molecular weight is 273 g/mol. The molecule has 0 amide bonds. The second-order valence-corrected chi connectivity index (χ2v) is 5.92. The lowest BCUT2D eigenvalue weighted by Gasteiger charge is -2.45. The fraction of sp³-hybridized carbons (Fsp3) is 0.562. The van der Waals surface area contributed by atoms with Gasteiger partial charge in [0.25, 0.3) is 0 Å². The molecule has 0 radical (unpaired) electrons. The molecule has 1 heterocycles. The van der Waals surface area contributed by atoms with Crippen LogP contribution >= 0.6 is 0 Å². The second-order valence-electron chi connectivity index (χ2n) is 5.92. The molecule has 1 atom stereocenters. The minimum absolute atomic E-state index is 0.0496. The molecule has 0 spiro atoms. The lowest BCUT2D eigenvalue weighted by molar-refractivity contribution is -0.0584. The first-order chi connectivity index (χ1) is 9.54. The summed E-state index contributed by atoms with van der Waals surface area (Å²) >= 11 is 0. The molecule has 1 aromatic rings. The van der Waals surface area contributed by atoms with E-state index in [0.717, 1.165) is 18.7 Å². The molecule has 0 saturated carbocycles. The Bertz CT molecular complexity index is 480. The molecule has 1 aromatic carbocycles. The maximum absolute atomic E-state index is 9.76. The fourth-order valence-corrected chi connectivity index (χ4v) is 2.66. The molecule has 1 unspecified atom stereocenters. The largest absolute Gasteiger partial charge is 0.378 e. The molecule has 1 aliphatic rings. The van der Waals surface area contributed by atoms with Gasteiger partial charge >= 0.3 is 0 Å². The normalized spacial score (nSPS) is 21.9. The Morgan fingerprint density at radius 2 is 2.10 bits per heavy atom. The number of hydrogen-bond acceptors (Lipinski definition) is 4. The van der Waals surface area contributed by atoms with Gasteiger partial charge in [-0.15, -0.1) is 0 Å². The SMILES string of the molecule is CNC(C#N)(CN1CCOCC1(C)C)c1ccccc1. The molecule has 4 nitrogen and oxygen atoms in total. The van der Waals surface area contributed by atoms with E-state index < -0.39 is 5.54 Å². The van der Waals surface area contributed by atoms with Crippen molar-refractivity contribution < 1.29 is 4.74 Å². The van der Waals surface area contributed by atoms with E-state index >= 15 is 0 Å². The fourth-order valence-electron chi connectivity index (χ4n) is 2.66. The highest BCUT2D eigenvalue weighted by Crippen LogP contribution is 2.27. The predicted molar refractivity (Wildman–Crippen MR) is 79.3 cm³/mol. The summed E-state index contributed by atoms with van der Waals surface area (Å²) < 4.78 is 5.56. The maximum Gasteiger partial charge on any atom is 0.144 e. The summed E-state index contributed by atoms with van der Waals surface area (Å²) in [5, 5.41) is 13.0. The van der Waals surface area contributed by atoms with E-state index in [4.69, 9.17) is 4.74 Å². The van der Waals surface area contributed by atoms with E-state index in [0.29, 0.717) is 13.2 Å². The lowest BCUT2D eigenvalue weighted by Crippen LogP contribution is -2.59. The second kappa shape index (κ2) is 5.92. The number of benzene rings is 1. The molecular formula is C16H23N3O. The summed E-state index contributed by atoms with van der Waals surface area (Å²) in [6, 6.07) is 12.4. The number of nitrogens with zero attached hydrogens (tertiary/aromatic N) is 2. The van der Waals surface area contributed by atoms with Crippen molar-refractivity contribution in [2.24, 2.45) is 0 Å². The van der Waals surface area contributed by atoms with Gasteiger partial charge in [-0.3, -0.25) is 10.2 Å². The van der Waals surface area contributed by atoms with Gasteiger partial charge in [-0.25, -0.2) is 0 Å². The number of likely N-dealkylation sites (N-methyl/N-ethyl adjacent to an activating group) is 1. The minimum Gasteiger partial charge on any atom is -0.378 e. The summed E-state index contributed by atoms with van der Waals surface area (Å²) in [5.41, 5.74) is 0.272. The lowest BCUT2D eigenvalue weighted by atomic mass is 9.88. The van der Waals surface area contributed by atoms with Crippen LogP contribution in [-0.2, 0) is 10.3 Å². The van der Waals surface area contributed by atoms with Crippen molar-refractivity contribution in [3.05, 3.63) is 35.9 Å². The van der Waals surface area contributed by atoms with Crippen LogP contribution in [0.4, 0.5) is 0 Å². The standard InChI is InChI=1S/C16H23N3O/c1-15(2)13-20-10-9-19(15)12-16(11-17,18-3)14-7-5-4-6-8-14/h4-8,18H,9-10,12-13H2,1-3H3. The summed E-state index contributed by atoms with van der Waals surface area (Å²) in [5.74, 6) is 0. The maximum atomic E-state index is 9.76. The monoisotopic (exact) mass is 273 g/mol. The van der Waals surface area contributed by atoms with Gasteiger partial charge in [0.2, 0.25) is 0 Å². The molecule has 2 rings (SSSR count). The summed E-state index contributed by atoms with van der Waals surface area (Å²) in [6.45, 7) is 7.26. The Labute approximate surface area is 121 Å². The average Bonchev–Trinajstić information content (AvgIpc) is 2.47. The van der Waals surface area contributed by atoms with Crippen molar-refractivity contribution in [1.82, 2.24) is 10.2 Å². The molecule has 0 aromatic heterocycles. The molecule has 1 N–H and O–H groups in total. The topological polar surface area (TPSA) is 48.3 Å². The van der Waals surface area contributed by atoms with E-state index in [1.165, 1.54) is 0 Å². The van der Waals surface area contributed by atoms with Crippen LogP contribution in [0.15, 0.2) is 30.3 Å². The Morgan fingerprint density at radius 3 is 2.65 bits per heavy atom. The molecule has 0 bridgehead atoms. The third-order valence-corrected chi connectivity index (χ3v) is 4.13. The van der Waals surface area contributed by atoms with Crippen LogP contribution in [-0.4, -0.2) is 43.8 Å². The number of hydrogen-bond donors (Lipinski definition) is 1. The van der Waals surface area contributed by atoms with Crippen molar-refractivity contribution in [2.45, 2.75) is 24.9 Å². The van der Waals surface area contributed by atoms with Gasteiger partial charge in [0, 0.05) is 18.6 Å². The first-order valence-electron chi connectivity index (χ1n) is 7.02. The van der Waals surface area contributed by atoms with Crippen LogP contribution in [0.25, 0.3) is 0 Å². The highest BCUT2D eigenvalue weighted by Gasteiger charge is 2.39. The molecule has 108 valence electrons. The van der Waals surface area contributed by atoms with E-state index in [9.17, 15) is 5.26 Å². The zero-order valence-electron chi connectivity index (χ0n) is 12.5. The zero-order valence-corrected chi connectivity index (χ0v) is 12.5. The number of rotatable bonds is 4. The first kappa shape index (κ1) is 15.0. The van der Waals surface area contributed by atoms with Crippen molar-refractivity contribution in [1.29, 1.82) is 5.26 Å². The third kappa shape index (κ3) is 2.85. The molecular weight excluding hydrogens is 250 g/mol. The van der Waals surface area contributed by atoms with Gasteiger partial charge in [0.1, 0.15) is 5.54 Å². The predicted octanol–water partition coefficient (Wildman–Crippen LogP) is 1.74. The molecule has 1 saturated heterocycles. The van der Waals surface area contributed by atoms with Crippen molar-refractivity contribution >= 4 is 0 Å². The molecule has 20 heavy (non-hydrogen) atoms. The first-order valence-corrected chi connectivity index (χ1v) is 7.02. The van der Waals surface area contributed by atoms with E-state index in [-0.39, 0.29) is 5.54 Å². The zero-order chi connectivity index (χ0) is 14.6. The van der Waals surface area contributed by atoms with Gasteiger partial charge < -0.3 is 4.74 Å². The van der Waals surface area contributed by atoms with Gasteiger partial charge in [-0.1, -0.05) is 30.3 Å². The van der Waals surface area contributed by atoms with Crippen LogP contribution in [0.2, 0.25) is 0 Å². The number of ether oxygens (including phenoxy) is 1. The van der Waals surface area contributed by atoms with Gasteiger partial charge in [0.15, 0.2) is 0 Å². The quantitative estimate of drug-likeness (QED) is 0.907. The van der Waals surface area contributed by atoms with Crippen LogP contribution in [0.5, 0.6) is 0 Å². The molecule has 1 fully saturated rings. The van der Waals surface area contributed by atoms with Crippen LogP contribution in [0, 0.1) is 11.3 Å². The minimum atomic E-state index is -0.685. The number of nitriles is 1. The third-order valence-electron chi connectivity index (χ3n) is 4.13. The van der Waals surface area contributed by atoms with E-state index in [1.54, 1.807) is 0 Å². The van der Waals surface area contributed by atoms with Crippen LogP contribution in [0.1, 0.15) is 19.4 Å². The van der Waals surface area contributed by atoms with Crippen LogP contribution < -0.4 is 5.32 Å². The van der Waals surface area contributed by atoms with Gasteiger partial charge in [0.05, 0.1) is 19.3 Å². The highest BCUT2D eigenvalue weighted by atomic mass is 16.5. The number of nitrogens with one attached hydrogen (secondary N) is 1. The van der Waals surface area contributed by atoms with Crippen LogP contribution in [0.3, 0.4) is 0 Å². The number of morpholine rings is 1. The van der Waals surface area contributed by atoms with Gasteiger partial charge in [-0.05, 0) is 26.5 Å². The summed E-state index contributed by atoms with van der Waals surface area (Å²) in [6.07, 6.45) is 0. The van der Waals surface area contributed by atoms with Crippen molar-refractivity contribution in [3.63, 3.8) is 0 Å². The van der Waals surface area contributed by atoms with E-state index in [2.05, 4.69) is 30.1 Å². The smallest absolute Gasteiger partial charge is 0.144 e. The summed E-state index contributed by atoms with van der Waals surface area (Å²) in [7, 11) is 1.85. The van der Waals surface area contributed by atoms with Crippen molar-refractivity contribution in [3.8, 4) is 6.07 Å². The Kier molecular flexibility index (Phi) is 4.44. The van der Waals surface area contributed by atoms with Gasteiger partial charge in [-0.2, -0.15) is 5.26 Å². The molecule has 0 aliphatic carbocycles.